The molecule has 1 aliphatic heterocycles. The molecule has 1 aliphatic rings. The molecule has 0 unspecified atom stereocenters. The molecule has 0 aromatic carbocycles. The number of carboxylic acids is 1. The molecule has 3 N–H and O–H groups in total. The molecule has 0 spiro atoms. The molecule has 0 aromatic heterocycles. The van der Waals surface area contributed by atoms with E-state index < -0.39 is 5.97 Å². The van der Waals surface area contributed by atoms with E-state index >= 15 is 0 Å². The molecule has 0 atom stereocenters. The Morgan fingerprint density at radius 1 is 1.58 bits per heavy atom. The van der Waals surface area contributed by atoms with Crippen molar-refractivity contribution in [1.29, 1.82) is 0 Å². The lowest BCUT2D eigenvalue weighted by atomic mass is 10.0. The lowest BCUT2D eigenvalue weighted by Crippen LogP contribution is -2.22. The number of ether oxygens (including phenoxy) is 1. The largest absolute Gasteiger partial charge is 0.481 e. The zero-order chi connectivity index (χ0) is 9.40. The van der Waals surface area contributed by atoms with Crippen LogP contribution in [0.3, 0.4) is 0 Å². The Kier molecular flexibility index (Phi) is 6.70. The second-order valence-corrected chi connectivity index (χ2v) is 2.81. The van der Waals surface area contributed by atoms with Crippen LogP contribution < -0.4 is 5.73 Å². The summed E-state index contributed by atoms with van der Waals surface area (Å²) in [7, 11) is 0. The standard InChI is InChI=1S/C6H13NO.C2H4O2/c7-5-6-1-3-8-4-2-6;1-2(3)4/h6H,1-5,7H2;1H3,(H,3,4). The van der Waals surface area contributed by atoms with Crippen LogP contribution in [0.5, 0.6) is 0 Å². The van der Waals surface area contributed by atoms with E-state index in [1.807, 2.05) is 0 Å². The number of hydrogen-bond acceptors (Lipinski definition) is 3. The first-order valence-corrected chi connectivity index (χ1v) is 4.14. The summed E-state index contributed by atoms with van der Waals surface area (Å²) in [5.74, 6) is -0.0938. The minimum atomic E-state index is -0.833. The highest BCUT2D eigenvalue weighted by molar-refractivity contribution is 5.62. The molecule has 0 bridgehead atoms. The third-order valence-corrected chi connectivity index (χ3v) is 1.67. The average Bonchev–Trinajstić information content (AvgIpc) is 2.05. The fraction of sp³-hybridized carbons (Fsp3) is 0.875. The molecular formula is C8H17NO3. The van der Waals surface area contributed by atoms with Gasteiger partial charge in [-0.3, -0.25) is 4.79 Å². The number of nitrogens with two attached hydrogens (primary N) is 1. The third kappa shape index (κ3) is 7.50. The maximum absolute atomic E-state index is 9.00. The predicted octanol–water partition coefficient (Wildman–Crippen LogP) is 0.463. The Morgan fingerprint density at radius 2 is 2.00 bits per heavy atom. The number of hydrogen-bond donors (Lipinski definition) is 2. The average molecular weight is 175 g/mol. The molecule has 4 nitrogen and oxygen atoms in total. The van der Waals surface area contributed by atoms with Gasteiger partial charge in [-0.2, -0.15) is 0 Å². The minimum Gasteiger partial charge on any atom is -0.481 e. The van der Waals surface area contributed by atoms with Crippen molar-refractivity contribution in [1.82, 2.24) is 0 Å². The second-order valence-electron chi connectivity index (χ2n) is 2.81. The van der Waals surface area contributed by atoms with Crippen LogP contribution in [0.15, 0.2) is 0 Å². The van der Waals surface area contributed by atoms with Crippen LogP contribution in [-0.2, 0) is 9.53 Å². The van der Waals surface area contributed by atoms with Gasteiger partial charge in [0.15, 0.2) is 0 Å². The lowest BCUT2D eigenvalue weighted by molar-refractivity contribution is -0.134. The molecule has 1 heterocycles. The molecule has 1 rings (SSSR count). The number of carboxylic acid groups (broad SMARTS) is 1. The highest BCUT2D eigenvalue weighted by Gasteiger charge is 2.10. The molecule has 12 heavy (non-hydrogen) atoms. The summed E-state index contributed by atoms with van der Waals surface area (Å²) in [5, 5.41) is 7.42. The Balaban J connectivity index is 0.000000261. The summed E-state index contributed by atoms with van der Waals surface area (Å²) >= 11 is 0. The van der Waals surface area contributed by atoms with Gasteiger partial charge in [0.2, 0.25) is 0 Å². The monoisotopic (exact) mass is 175 g/mol. The van der Waals surface area contributed by atoms with Crippen molar-refractivity contribution in [2.24, 2.45) is 11.7 Å². The van der Waals surface area contributed by atoms with E-state index in [1.54, 1.807) is 0 Å². The van der Waals surface area contributed by atoms with Gasteiger partial charge in [-0.25, -0.2) is 0 Å². The van der Waals surface area contributed by atoms with E-state index in [4.69, 9.17) is 20.4 Å². The van der Waals surface area contributed by atoms with E-state index in [2.05, 4.69) is 0 Å². The lowest BCUT2D eigenvalue weighted by Gasteiger charge is -2.19. The van der Waals surface area contributed by atoms with Crippen molar-refractivity contribution < 1.29 is 14.6 Å². The Bertz CT molecular complexity index is 117. The fourth-order valence-corrected chi connectivity index (χ4v) is 0.982. The molecule has 0 aromatic rings. The third-order valence-electron chi connectivity index (χ3n) is 1.67. The normalized spacial score (nSPS) is 17.8. The van der Waals surface area contributed by atoms with Crippen LogP contribution in [0.4, 0.5) is 0 Å². The molecule has 0 aliphatic carbocycles. The first-order valence-electron chi connectivity index (χ1n) is 4.14. The van der Waals surface area contributed by atoms with Crippen molar-refractivity contribution in [3.8, 4) is 0 Å². The van der Waals surface area contributed by atoms with E-state index in [-0.39, 0.29) is 0 Å². The molecule has 0 saturated carbocycles. The van der Waals surface area contributed by atoms with Crippen LogP contribution in [0.2, 0.25) is 0 Å². The van der Waals surface area contributed by atoms with Gasteiger partial charge in [0.25, 0.3) is 5.97 Å². The van der Waals surface area contributed by atoms with Gasteiger partial charge in [-0.15, -0.1) is 0 Å². The molecular weight excluding hydrogens is 158 g/mol. The van der Waals surface area contributed by atoms with Crippen LogP contribution in [0.25, 0.3) is 0 Å². The van der Waals surface area contributed by atoms with Crippen LogP contribution in [0, 0.1) is 5.92 Å². The summed E-state index contributed by atoms with van der Waals surface area (Å²) < 4.78 is 5.15. The Labute approximate surface area is 72.7 Å². The Hall–Kier alpha value is -0.610. The summed E-state index contributed by atoms with van der Waals surface area (Å²) in [6.45, 7) is 3.76. The van der Waals surface area contributed by atoms with Crippen molar-refractivity contribution in [2.45, 2.75) is 19.8 Å². The summed E-state index contributed by atoms with van der Waals surface area (Å²) in [6.07, 6.45) is 2.33. The molecule has 0 amide bonds. The van der Waals surface area contributed by atoms with Crippen LogP contribution >= 0.6 is 0 Å². The highest BCUT2D eigenvalue weighted by Crippen LogP contribution is 2.11. The molecule has 1 saturated heterocycles. The van der Waals surface area contributed by atoms with Gasteiger partial charge in [-0.1, -0.05) is 0 Å². The number of rotatable bonds is 1. The van der Waals surface area contributed by atoms with Gasteiger partial charge < -0.3 is 15.6 Å². The molecule has 1 fully saturated rings. The second kappa shape index (κ2) is 7.06. The SMILES string of the molecule is CC(=O)O.NCC1CCOCC1. The highest BCUT2D eigenvalue weighted by atomic mass is 16.5. The maximum Gasteiger partial charge on any atom is 0.300 e. The van der Waals surface area contributed by atoms with E-state index in [0.29, 0.717) is 0 Å². The van der Waals surface area contributed by atoms with Crippen molar-refractivity contribution in [3.63, 3.8) is 0 Å². The molecule has 4 heteroatoms. The van der Waals surface area contributed by atoms with Gasteiger partial charge in [0, 0.05) is 20.1 Å². The predicted molar refractivity (Wildman–Crippen MR) is 45.9 cm³/mol. The zero-order valence-corrected chi connectivity index (χ0v) is 7.45. The zero-order valence-electron chi connectivity index (χ0n) is 7.45. The van der Waals surface area contributed by atoms with Crippen molar-refractivity contribution >= 4 is 5.97 Å². The maximum atomic E-state index is 9.00. The molecule has 0 radical (unpaired) electrons. The van der Waals surface area contributed by atoms with Crippen LogP contribution in [-0.4, -0.2) is 30.8 Å². The van der Waals surface area contributed by atoms with E-state index in [1.165, 1.54) is 0 Å². The molecule has 72 valence electrons. The quantitative estimate of drug-likeness (QED) is 0.607. The first kappa shape index (κ1) is 11.4. The number of aliphatic carboxylic acids is 1. The van der Waals surface area contributed by atoms with Crippen molar-refractivity contribution in [3.05, 3.63) is 0 Å². The van der Waals surface area contributed by atoms with E-state index in [0.717, 1.165) is 45.4 Å². The van der Waals surface area contributed by atoms with Gasteiger partial charge in [0.05, 0.1) is 0 Å². The Morgan fingerprint density at radius 3 is 2.25 bits per heavy atom. The number of carbonyl (C=O) groups is 1. The topological polar surface area (TPSA) is 72.5 Å². The smallest absolute Gasteiger partial charge is 0.300 e. The first-order chi connectivity index (χ1) is 5.66. The summed E-state index contributed by atoms with van der Waals surface area (Å²) in [4.78, 5) is 9.00. The van der Waals surface area contributed by atoms with Crippen molar-refractivity contribution in [2.75, 3.05) is 19.8 Å². The van der Waals surface area contributed by atoms with Crippen LogP contribution in [0.1, 0.15) is 19.8 Å². The van der Waals surface area contributed by atoms with Gasteiger partial charge in [0.1, 0.15) is 0 Å². The van der Waals surface area contributed by atoms with Gasteiger partial charge >= 0.3 is 0 Å². The van der Waals surface area contributed by atoms with E-state index in [9.17, 15) is 0 Å². The minimum absolute atomic E-state index is 0.740. The summed E-state index contributed by atoms with van der Waals surface area (Å²) in [6, 6.07) is 0. The fourth-order valence-electron chi connectivity index (χ4n) is 0.982. The summed E-state index contributed by atoms with van der Waals surface area (Å²) in [5.41, 5.74) is 5.45. The van der Waals surface area contributed by atoms with Gasteiger partial charge in [-0.05, 0) is 25.3 Å².